The lowest BCUT2D eigenvalue weighted by atomic mass is 10.1. The van der Waals surface area contributed by atoms with Gasteiger partial charge in [0.15, 0.2) is 17.8 Å². The summed E-state index contributed by atoms with van der Waals surface area (Å²) in [5, 5.41) is 20.8. The first-order chi connectivity index (χ1) is 20.4. The van der Waals surface area contributed by atoms with E-state index in [1.54, 1.807) is 12.1 Å². The number of aromatic nitrogens is 6. The number of aliphatic hydroxyl groups is 1. The van der Waals surface area contributed by atoms with Crippen molar-refractivity contribution >= 4 is 23.2 Å². The highest BCUT2D eigenvalue weighted by Crippen LogP contribution is 2.24. The lowest BCUT2D eigenvalue weighted by Gasteiger charge is -2.15. The van der Waals surface area contributed by atoms with Gasteiger partial charge in [0.1, 0.15) is 24.5 Å². The fourth-order valence-corrected chi connectivity index (χ4v) is 4.19. The molecule has 2 N–H and O–H groups in total. The Morgan fingerprint density at radius 3 is 2.44 bits per heavy atom. The number of alkyl halides is 3. The number of carbonyl (C=O) groups excluding carboxylic acids is 1. The summed E-state index contributed by atoms with van der Waals surface area (Å²) in [7, 11) is 0. The van der Waals surface area contributed by atoms with E-state index in [1.165, 1.54) is 47.4 Å². The smallest absolute Gasteiger partial charge is 0.382 e. The second-order valence-corrected chi connectivity index (χ2v) is 9.58. The number of rotatable bonds is 8. The number of nitrogens with one attached hydrogen (secondary N) is 1. The standard InChI is InChI=1S/C27H19ClF5N7O3/c28-16-7-5-15(6-8-16)24-37-39(26(43)38(24)12-22(41)27(31,32)33)13-23-34-14-40(36-23)21-4-2-1-3-18(21)25(42)35-20-10-9-17(29)11-19(20)30/h1-11,14,22,41H,12-13H2,(H,35,42). The Kier molecular flexibility index (Phi) is 8.10. The summed E-state index contributed by atoms with van der Waals surface area (Å²) in [5.74, 6) is -2.67. The van der Waals surface area contributed by atoms with E-state index in [-0.39, 0.29) is 40.7 Å². The number of halogens is 6. The molecule has 5 rings (SSSR count). The molecule has 0 aliphatic rings. The molecule has 1 atom stereocenters. The van der Waals surface area contributed by atoms with Gasteiger partial charge in [0, 0.05) is 16.7 Å². The van der Waals surface area contributed by atoms with Crippen LogP contribution >= 0.6 is 11.6 Å². The zero-order valence-electron chi connectivity index (χ0n) is 21.6. The zero-order chi connectivity index (χ0) is 30.9. The molecule has 0 fully saturated rings. The average Bonchev–Trinajstić information content (AvgIpc) is 3.55. The molecule has 2 heterocycles. The molecular weight excluding hydrogens is 601 g/mol. The van der Waals surface area contributed by atoms with E-state index in [2.05, 4.69) is 20.5 Å². The molecule has 16 heteroatoms. The van der Waals surface area contributed by atoms with Crippen LogP contribution in [0.3, 0.4) is 0 Å². The van der Waals surface area contributed by atoms with Crippen molar-refractivity contribution in [3.05, 3.63) is 112 Å². The van der Waals surface area contributed by atoms with E-state index >= 15 is 0 Å². The van der Waals surface area contributed by atoms with Crippen molar-refractivity contribution in [2.45, 2.75) is 25.4 Å². The Morgan fingerprint density at radius 2 is 1.74 bits per heavy atom. The normalized spacial score (nSPS) is 12.3. The van der Waals surface area contributed by atoms with Crippen LogP contribution in [0.5, 0.6) is 0 Å². The van der Waals surface area contributed by atoms with Gasteiger partial charge in [0.2, 0.25) is 0 Å². The second kappa shape index (κ2) is 11.8. The van der Waals surface area contributed by atoms with Crippen LogP contribution in [-0.4, -0.2) is 52.4 Å². The molecule has 5 aromatic rings. The number of hydrogen-bond acceptors (Lipinski definition) is 6. The molecule has 0 saturated heterocycles. The minimum atomic E-state index is -4.98. The Labute approximate surface area is 243 Å². The monoisotopic (exact) mass is 619 g/mol. The summed E-state index contributed by atoms with van der Waals surface area (Å²) < 4.78 is 69.4. The van der Waals surface area contributed by atoms with E-state index in [4.69, 9.17) is 11.6 Å². The van der Waals surface area contributed by atoms with Crippen LogP contribution in [0.1, 0.15) is 16.2 Å². The zero-order valence-corrected chi connectivity index (χ0v) is 22.4. The molecule has 0 aliphatic heterocycles. The predicted octanol–water partition coefficient (Wildman–Crippen LogP) is 4.45. The minimum absolute atomic E-state index is 0.00515. The maximum absolute atomic E-state index is 14.1. The summed E-state index contributed by atoms with van der Waals surface area (Å²) in [5.41, 5.74) is -0.677. The van der Waals surface area contributed by atoms with Crippen molar-refractivity contribution in [3.8, 4) is 17.1 Å². The summed E-state index contributed by atoms with van der Waals surface area (Å²) in [6.07, 6.45) is -6.59. The molecule has 0 spiro atoms. The number of amides is 1. The van der Waals surface area contributed by atoms with E-state index < -0.39 is 42.1 Å². The van der Waals surface area contributed by atoms with Crippen molar-refractivity contribution in [2.24, 2.45) is 0 Å². The van der Waals surface area contributed by atoms with Crippen LogP contribution < -0.4 is 11.0 Å². The maximum atomic E-state index is 14.1. The summed E-state index contributed by atoms with van der Waals surface area (Å²) in [6, 6.07) is 14.6. The van der Waals surface area contributed by atoms with Gasteiger partial charge in [-0.05, 0) is 48.5 Å². The molecule has 222 valence electrons. The number of para-hydroxylation sites is 1. The molecule has 0 radical (unpaired) electrons. The third-order valence-electron chi connectivity index (χ3n) is 6.16. The van der Waals surface area contributed by atoms with Gasteiger partial charge < -0.3 is 10.4 Å². The first-order valence-corrected chi connectivity index (χ1v) is 12.7. The van der Waals surface area contributed by atoms with E-state index in [1.807, 2.05) is 0 Å². The van der Waals surface area contributed by atoms with Gasteiger partial charge in [-0.25, -0.2) is 27.9 Å². The van der Waals surface area contributed by atoms with E-state index in [0.717, 1.165) is 16.8 Å². The topological polar surface area (TPSA) is 120 Å². The molecule has 1 unspecified atom stereocenters. The first-order valence-electron chi connectivity index (χ1n) is 12.4. The summed E-state index contributed by atoms with van der Waals surface area (Å²) >= 11 is 5.91. The molecular formula is C27H19ClF5N7O3. The first kappa shape index (κ1) is 29.6. The SMILES string of the molecule is O=C(Nc1ccc(F)cc1F)c1ccccc1-n1cnc(Cn2nc(-c3ccc(Cl)cc3)n(CC(O)C(F)(F)F)c2=O)n1. The van der Waals surface area contributed by atoms with Crippen molar-refractivity contribution in [2.75, 3.05) is 5.32 Å². The predicted molar refractivity (Wildman–Crippen MR) is 144 cm³/mol. The number of anilines is 1. The molecule has 3 aromatic carbocycles. The van der Waals surface area contributed by atoms with Gasteiger partial charge >= 0.3 is 11.9 Å². The van der Waals surface area contributed by atoms with Crippen molar-refractivity contribution in [3.63, 3.8) is 0 Å². The molecule has 43 heavy (non-hydrogen) atoms. The number of hydrogen-bond donors (Lipinski definition) is 2. The Morgan fingerprint density at radius 1 is 1.02 bits per heavy atom. The van der Waals surface area contributed by atoms with Gasteiger partial charge in [-0.1, -0.05) is 23.7 Å². The fraction of sp³-hybridized carbons (Fsp3) is 0.148. The van der Waals surface area contributed by atoms with Gasteiger partial charge in [0.05, 0.1) is 23.5 Å². The van der Waals surface area contributed by atoms with Crippen molar-refractivity contribution in [1.29, 1.82) is 0 Å². The Bertz CT molecular complexity index is 1850. The minimum Gasteiger partial charge on any atom is -0.382 e. The van der Waals surface area contributed by atoms with Crippen LogP contribution in [0, 0.1) is 11.6 Å². The third kappa shape index (κ3) is 6.47. The highest BCUT2D eigenvalue weighted by molar-refractivity contribution is 6.30. The summed E-state index contributed by atoms with van der Waals surface area (Å²) in [4.78, 5) is 30.2. The number of aliphatic hydroxyl groups excluding tert-OH is 1. The largest absolute Gasteiger partial charge is 0.416 e. The van der Waals surface area contributed by atoms with Gasteiger partial charge in [0.25, 0.3) is 5.91 Å². The molecule has 0 bridgehead atoms. The molecule has 10 nitrogen and oxygen atoms in total. The lowest BCUT2D eigenvalue weighted by Crippen LogP contribution is -2.37. The van der Waals surface area contributed by atoms with Crippen LogP contribution in [0.4, 0.5) is 27.6 Å². The average molecular weight is 620 g/mol. The second-order valence-electron chi connectivity index (χ2n) is 9.14. The Balaban J connectivity index is 1.44. The molecule has 0 saturated carbocycles. The van der Waals surface area contributed by atoms with Crippen LogP contribution in [0.25, 0.3) is 17.1 Å². The number of nitrogens with zero attached hydrogens (tertiary/aromatic N) is 6. The summed E-state index contributed by atoms with van der Waals surface area (Å²) in [6.45, 7) is -1.49. The van der Waals surface area contributed by atoms with Crippen molar-refractivity contribution in [1.82, 2.24) is 29.1 Å². The van der Waals surface area contributed by atoms with Crippen LogP contribution in [0.2, 0.25) is 5.02 Å². The molecule has 0 aliphatic carbocycles. The number of benzene rings is 3. The molecule has 1 amide bonds. The van der Waals surface area contributed by atoms with Crippen LogP contribution in [0.15, 0.2) is 77.9 Å². The van der Waals surface area contributed by atoms with Crippen LogP contribution in [-0.2, 0) is 13.1 Å². The fourth-order valence-electron chi connectivity index (χ4n) is 4.06. The third-order valence-corrected chi connectivity index (χ3v) is 6.42. The van der Waals surface area contributed by atoms with Gasteiger partial charge in [-0.2, -0.15) is 13.2 Å². The highest BCUT2D eigenvalue weighted by Gasteiger charge is 2.39. The maximum Gasteiger partial charge on any atom is 0.416 e. The van der Waals surface area contributed by atoms with Gasteiger partial charge in [-0.3, -0.25) is 9.36 Å². The molecule has 2 aromatic heterocycles. The van der Waals surface area contributed by atoms with Gasteiger partial charge in [-0.15, -0.1) is 10.2 Å². The van der Waals surface area contributed by atoms with E-state index in [9.17, 15) is 36.6 Å². The quantitative estimate of drug-likeness (QED) is 0.248. The number of carbonyl (C=O) groups is 1. The van der Waals surface area contributed by atoms with Crippen molar-refractivity contribution < 1.29 is 31.9 Å². The van der Waals surface area contributed by atoms with E-state index in [0.29, 0.717) is 15.7 Å². The highest BCUT2D eigenvalue weighted by atomic mass is 35.5. The lowest BCUT2D eigenvalue weighted by molar-refractivity contribution is -0.207. The Hall–Kier alpha value is -4.89.